The van der Waals surface area contributed by atoms with Crippen LogP contribution in [0.5, 0.6) is 0 Å². The van der Waals surface area contributed by atoms with Gasteiger partial charge in [0.15, 0.2) is 0 Å². The Bertz CT molecular complexity index is 882. The van der Waals surface area contributed by atoms with E-state index in [9.17, 15) is 0 Å². The van der Waals surface area contributed by atoms with Gasteiger partial charge in [-0.15, -0.1) is 0 Å². The monoisotopic (exact) mass is 339 g/mol. The second kappa shape index (κ2) is 7.07. The summed E-state index contributed by atoms with van der Waals surface area (Å²) in [4.78, 5) is 2.18. The number of hydrogen-bond donors (Lipinski definition) is 0. The summed E-state index contributed by atoms with van der Waals surface area (Å²) in [6.07, 6.45) is 0. The first kappa shape index (κ1) is 16.5. The molecule has 2 aromatic carbocycles. The van der Waals surface area contributed by atoms with Gasteiger partial charge in [0.05, 0.1) is 12.4 Å². The molecule has 0 atom stereocenters. The van der Waals surface area contributed by atoms with E-state index in [0.717, 1.165) is 12.2 Å². The fourth-order valence-corrected chi connectivity index (χ4v) is 2.92. The molecule has 1 heterocycles. The molecule has 5 nitrogen and oxygen atoms in total. The maximum Gasteiger partial charge on any atom is 0.221 e. The summed E-state index contributed by atoms with van der Waals surface area (Å²) in [7, 11) is 2.06. The molecule has 3 aromatic rings. The van der Waals surface area contributed by atoms with Crippen LogP contribution in [0.3, 0.4) is 0 Å². The smallest absolute Gasteiger partial charge is 0.221 e. The van der Waals surface area contributed by atoms with Crippen LogP contribution in [0.25, 0.3) is 5.69 Å². The van der Waals surface area contributed by atoms with Crippen LogP contribution < -0.4 is 0 Å². The Morgan fingerprint density at radius 1 is 1.04 bits per heavy atom. The van der Waals surface area contributed by atoms with Crippen molar-refractivity contribution in [1.29, 1.82) is 0 Å². The molecule has 24 heavy (non-hydrogen) atoms. The largest absolute Gasteiger partial charge is 0.283 e. The average molecular weight is 339 g/mol. The third-order valence-electron chi connectivity index (χ3n) is 3.95. The van der Waals surface area contributed by atoms with Crippen molar-refractivity contribution in [3.63, 3.8) is 0 Å². The van der Waals surface area contributed by atoms with Gasteiger partial charge in [-0.3, -0.25) is 4.90 Å². The van der Waals surface area contributed by atoms with Crippen LogP contribution in [0.4, 0.5) is 0 Å². The van der Waals surface area contributed by atoms with Gasteiger partial charge in [0.25, 0.3) is 0 Å². The van der Waals surface area contributed by atoms with Crippen LogP contribution >= 0.6 is 12.2 Å². The van der Waals surface area contributed by atoms with Crippen LogP contribution in [-0.2, 0) is 13.2 Å². The molecular weight excluding hydrogens is 318 g/mol. The van der Waals surface area contributed by atoms with Crippen molar-refractivity contribution in [2.45, 2.75) is 27.1 Å². The second-order valence-electron chi connectivity index (χ2n) is 6.09. The van der Waals surface area contributed by atoms with Crippen molar-refractivity contribution >= 4 is 12.2 Å². The van der Waals surface area contributed by atoms with Crippen LogP contribution in [0, 0.1) is 18.6 Å². The van der Waals surface area contributed by atoms with E-state index in [1.54, 1.807) is 9.36 Å². The number of aromatic nitrogens is 4. The van der Waals surface area contributed by atoms with Crippen molar-refractivity contribution in [2.75, 3.05) is 7.05 Å². The molecule has 0 aliphatic carbocycles. The maximum atomic E-state index is 5.51. The Morgan fingerprint density at radius 2 is 1.79 bits per heavy atom. The second-order valence-corrected chi connectivity index (χ2v) is 6.46. The number of rotatable bonds is 5. The third-order valence-corrected chi connectivity index (χ3v) is 4.34. The molecule has 0 aliphatic rings. The Hall–Kier alpha value is -2.31. The van der Waals surface area contributed by atoms with Crippen molar-refractivity contribution < 1.29 is 0 Å². The molecule has 0 N–H and O–H groups in total. The first-order valence-corrected chi connectivity index (χ1v) is 8.28. The highest BCUT2D eigenvalue weighted by molar-refractivity contribution is 7.71. The molecule has 0 saturated carbocycles. The third kappa shape index (κ3) is 3.60. The molecule has 0 aliphatic heterocycles. The van der Waals surface area contributed by atoms with E-state index in [4.69, 9.17) is 12.2 Å². The highest BCUT2D eigenvalue weighted by atomic mass is 32.1. The zero-order chi connectivity index (χ0) is 17.1. The van der Waals surface area contributed by atoms with Gasteiger partial charge in [0.2, 0.25) is 4.77 Å². The SMILES string of the molecule is Cc1ccc(CN(C)Cn2nnn(-c3ccccc3)c2=S)c(C)c1. The highest BCUT2D eigenvalue weighted by Gasteiger charge is 2.09. The van der Waals surface area contributed by atoms with Crippen molar-refractivity contribution in [2.24, 2.45) is 0 Å². The summed E-state index contributed by atoms with van der Waals surface area (Å²) >= 11 is 5.51. The van der Waals surface area contributed by atoms with E-state index in [1.807, 2.05) is 30.3 Å². The Balaban J connectivity index is 1.74. The van der Waals surface area contributed by atoms with E-state index in [2.05, 4.69) is 54.4 Å². The lowest BCUT2D eigenvalue weighted by Gasteiger charge is -2.17. The van der Waals surface area contributed by atoms with E-state index < -0.39 is 0 Å². The van der Waals surface area contributed by atoms with E-state index in [1.165, 1.54) is 16.7 Å². The van der Waals surface area contributed by atoms with E-state index >= 15 is 0 Å². The molecule has 0 saturated heterocycles. The Morgan fingerprint density at radius 3 is 2.50 bits per heavy atom. The zero-order valence-corrected chi connectivity index (χ0v) is 15.0. The van der Waals surface area contributed by atoms with Gasteiger partial charge >= 0.3 is 0 Å². The molecule has 3 rings (SSSR count). The summed E-state index contributed by atoms with van der Waals surface area (Å²) in [5.74, 6) is 0. The summed E-state index contributed by atoms with van der Waals surface area (Å²) < 4.78 is 4.01. The van der Waals surface area contributed by atoms with Gasteiger partial charge in [-0.25, -0.2) is 4.68 Å². The summed E-state index contributed by atoms with van der Waals surface area (Å²) in [6.45, 7) is 5.69. The zero-order valence-electron chi connectivity index (χ0n) is 14.2. The number of para-hydroxylation sites is 1. The molecule has 0 unspecified atom stereocenters. The fourth-order valence-electron chi connectivity index (χ4n) is 2.69. The summed E-state index contributed by atoms with van der Waals surface area (Å²) in [6, 6.07) is 16.4. The number of hydrogen-bond acceptors (Lipinski definition) is 4. The minimum absolute atomic E-state index is 0.591. The first-order chi connectivity index (χ1) is 11.5. The van der Waals surface area contributed by atoms with E-state index in [-0.39, 0.29) is 0 Å². The number of benzene rings is 2. The number of tetrazole rings is 1. The van der Waals surface area contributed by atoms with Gasteiger partial charge < -0.3 is 0 Å². The maximum absolute atomic E-state index is 5.51. The molecule has 1 aromatic heterocycles. The fraction of sp³-hybridized carbons (Fsp3) is 0.278. The van der Waals surface area contributed by atoms with Crippen molar-refractivity contribution in [3.8, 4) is 5.69 Å². The molecule has 0 radical (unpaired) electrons. The molecule has 124 valence electrons. The lowest BCUT2D eigenvalue weighted by molar-refractivity contribution is 0.241. The van der Waals surface area contributed by atoms with Gasteiger partial charge in [-0.1, -0.05) is 42.0 Å². The van der Waals surface area contributed by atoms with Crippen LogP contribution in [0.2, 0.25) is 0 Å². The molecule has 0 spiro atoms. The number of nitrogens with zero attached hydrogens (tertiary/aromatic N) is 5. The standard InChI is InChI=1S/C18H21N5S/c1-14-9-10-16(15(2)11-14)12-21(3)13-22-18(24)23(20-19-22)17-7-5-4-6-8-17/h4-11H,12-13H2,1-3H3. The predicted octanol–water partition coefficient (Wildman–Crippen LogP) is 3.50. The predicted molar refractivity (Wildman–Crippen MR) is 97.6 cm³/mol. The van der Waals surface area contributed by atoms with Gasteiger partial charge in [-0.2, -0.15) is 4.68 Å². The van der Waals surface area contributed by atoms with Crippen molar-refractivity contribution in [3.05, 3.63) is 70.0 Å². The minimum atomic E-state index is 0.591. The van der Waals surface area contributed by atoms with Crippen molar-refractivity contribution in [1.82, 2.24) is 24.7 Å². The molecule has 0 bridgehead atoms. The minimum Gasteiger partial charge on any atom is -0.283 e. The van der Waals surface area contributed by atoms with Crippen LogP contribution in [0.15, 0.2) is 48.5 Å². The molecule has 0 amide bonds. The highest BCUT2D eigenvalue weighted by Crippen LogP contribution is 2.13. The topological polar surface area (TPSA) is 38.9 Å². The lowest BCUT2D eigenvalue weighted by Crippen LogP contribution is -2.23. The van der Waals surface area contributed by atoms with Crippen LogP contribution in [0.1, 0.15) is 16.7 Å². The quantitative estimate of drug-likeness (QED) is 0.667. The summed E-state index contributed by atoms with van der Waals surface area (Å²) in [5, 5.41) is 8.37. The van der Waals surface area contributed by atoms with Gasteiger partial charge in [0.1, 0.15) is 0 Å². The molecule has 0 fully saturated rings. The van der Waals surface area contributed by atoms with E-state index in [0.29, 0.717) is 11.4 Å². The van der Waals surface area contributed by atoms with Crippen LogP contribution in [-0.4, -0.2) is 31.7 Å². The molecule has 6 heteroatoms. The Labute approximate surface area is 147 Å². The normalized spacial score (nSPS) is 11.2. The Kier molecular flexibility index (Phi) is 4.87. The lowest BCUT2D eigenvalue weighted by atomic mass is 10.1. The molecular formula is C18H21N5S. The summed E-state index contributed by atoms with van der Waals surface area (Å²) in [5.41, 5.74) is 4.82. The first-order valence-electron chi connectivity index (χ1n) is 7.87. The number of aryl methyl sites for hydroxylation is 2. The average Bonchev–Trinajstić information content (AvgIpc) is 2.92. The van der Waals surface area contributed by atoms with Gasteiger partial charge in [0, 0.05) is 6.54 Å². The van der Waals surface area contributed by atoms with Gasteiger partial charge in [-0.05, 0) is 66.8 Å².